The Balaban J connectivity index is 1.71. The quantitative estimate of drug-likeness (QED) is 0.442. The second kappa shape index (κ2) is 7.92. The molecule has 3 heterocycles. The van der Waals surface area contributed by atoms with E-state index in [1.54, 1.807) is 58.3 Å². The third kappa shape index (κ3) is 3.37. The zero-order valence-corrected chi connectivity index (χ0v) is 17.1. The van der Waals surface area contributed by atoms with Crippen LogP contribution in [0.25, 0.3) is 5.69 Å². The van der Waals surface area contributed by atoms with Crippen molar-refractivity contribution >= 4 is 23.0 Å². The fourth-order valence-electron chi connectivity index (χ4n) is 4.06. The number of hydrogen-bond acceptors (Lipinski definition) is 2. The number of benzene rings is 2. The predicted octanol–water partition coefficient (Wildman–Crippen LogP) is 5.33. The molecule has 31 heavy (non-hydrogen) atoms. The van der Waals surface area contributed by atoms with Gasteiger partial charge in [0.15, 0.2) is 5.11 Å². The number of nitrogens with zero attached hydrogens (tertiary/aromatic N) is 3. The number of nitrogens with one attached hydrogen (secondary N) is 1. The Labute approximate surface area is 183 Å². The normalized spacial score (nSPS) is 18.3. The fourth-order valence-corrected chi connectivity index (χ4v) is 4.40. The molecule has 0 aliphatic carbocycles. The van der Waals surface area contributed by atoms with Crippen LogP contribution in [0.3, 0.4) is 0 Å². The summed E-state index contributed by atoms with van der Waals surface area (Å²) in [5, 5.41) is 3.68. The molecular weight excluding hydrogens is 414 g/mol. The van der Waals surface area contributed by atoms with Crippen molar-refractivity contribution in [3.05, 3.63) is 114 Å². The van der Waals surface area contributed by atoms with Gasteiger partial charge in [0.25, 0.3) is 0 Å². The van der Waals surface area contributed by atoms with E-state index < -0.39 is 6.04 Å². The van der Waals surface area contributed by atoms with Crippen molar-refractivity contribution in [2.24, 2.45) is 0 Å². The van der Waals surface area contributed by atoms with Crippen LogP contribution in [-0.4, -0.2) is 14.7 Å². The summed E-state index contributed by atoms with van der Waals surface area (Å²) >= 11 is 5.63. The zero-order valence-electron chi connectivity index (χ0n) is 16.3. The molecule has 1 saturated heterocycles. The van der Waals surface area contributed by atoms with Crippen LogP contribution in [-0.2, 0) is 0 Å². The van der Waals surface area contributed by atoms with Gasteiger partial charge in [0.05, 0.1) is 23.1 Å². The highest BCUT2D eigenvalue weighted by molar-refractivity contribution is 7.80. The Kier molecular flexibility index (Phi) is 4.95. The summed E-state index contributed by atoms with van der Waals surface area (Å²) in [6.07, 6.45) is 3.50. The van der Waals surface area contributed by atoms with Crippen LogP contribution in [0, 0.1) is 11.6 Å². The molecule has 2 aromatic heterocycles. The first-order valence-electron chi connectivity index (χ1n) is 9.82. The SMILES string of the molecule is Fc1ccccc1N1C(=S)N[C@H](c2ccccn2)[C@@H]1c1cccn1-c1ccccc1F. The molecule has 0 bridgehead atoms. The smallest absolute Gasteiger partial charge is 0.174 e. The Hall–Kier alpha value is -3.58. The second-order valence-corrected chi connectivity index (χ2v) is 7.59. The number of anilines is 1. The van der Waals surface area contributed by atoms with Crippen LogP contribution in [0.4, 0.5) is 14.5 Å². The van der Waals surface area contributed by atoms with Crippen molar-refractivity contribution in [3.63, 3.8) is 0 Å². The summed E-state index contributed by atoms with van der Waals surface area (Å²) in [6, 6.07) is 21.6. The van der Waals surface area contributed by atoms with Crippen LogP contribution < -0.4 is 10.2 Å². The summed E-state index contributed by atoms with van der Waals surface area (Å²) < 4.78 is 31.3. The summed E-state index contributed by atoms with van der Waals surface area (Å²) in [6.45, 7) is 0. The lowest BCUT2D eigenvalue weighted by Crippen LogP contribution is -2.31. The monoisotopic (exact) mass is 432 g/mol. The number of rotatable bonds is 4. The Morgan fingerprint density at radius 2 is 1.48 bits per heavy atom. The highest BCUT2D eigenvalue weighted by Gasteiger charge is 2.43. The average molecular weight is 432 g/mol. The Bertz CT molecular complexity index is 1240. The number of para-hydroxylation sites is 2. The molecule has 2 atom stereocenters. The molecule has 5 rings (SSSR count). The van der Waals surface area contributed by atoms with Crippen molar-refractivity contribution in [3.8, 4) is 5.69 Å². The summed E-state index contributed by atoms with van der Waals surface area (Å²) in [4.78, 5) is 6.25. The molecule has 1 aliphatic heterocycles. The molecule has 0 saturated carbocycles. The van der Waals surface area contributed by atoms with E-state index in [4.69, 9.17) is 12.2 Å². The van der Waals surface area contributed by atoms with Crippen LogP contribution in [0.5, 0.6) is 0 Å². The largest absolute Gasteiger partial charge is 0.351 e. The second-order valence-electron chi connectivity index (χ2n) is 7.20. The first-order valence-corrected chi connectivity index (χ1v) is 10.2. The van der Waals surface area contributed by atoms with E-state index >= 15 is 0 Å². The predicted molar refractivity (Wildman–Crippen MR) is 120 cm³/mol. The Morgan fingerprint density at radius 1 is 0.806 bits per heavy atom. The van der Waals surface area contributed by atoms with Gasteiger partial charge in [-0.2, -0.15) is 0 Å². The van der Waals surface area contributed by atoms with Gasteiger partial charge < -0.3 is 14.8 Å². The van der Waals surface area contributed by atoms with E-state index in [9.17, 15) is 8.78 Å². The van der Waals surface area contributed by atoms with Gasteiger partial charge in [-0.05, 0) is 60.7 Å². The van der Waals surface area contributed by atoms with Gasteiger partial charge in [-0.3, -0.25) is 4.98 Å². The molecule has 1 N–H and O–H groups in total. The topological polar surface area (TPSA) is 33.1 Å². The maximum Gasteiger partial charge on any atom is 0.174 e. The molecule has 0 spiro atoms. The van der Waals surface area contributed by atoms with E-state index in [2.05, 4.69) is 10.3 Å². The van der Waals surface area contributed by atoms with Crippen molar-refractivity contribution in [1.82, 2.24) is 14.9 Å². The average Bonchev–Trinajstić information content (AvgIpc) is 3.39. The molecule has 2 aromatic carbocycles. The molecule has 7 heteroatoms. The highest BCUT2D eigenvalue weighted by Crippen LogP contribution is 2.43. The number of pyridine rings is 1. The van der Waals surface area contributed by atoms with Gasteiger partial charge in [0.2, 0.25) is 0 Å². The van der Waals surface area contributed by atoms with Crippen LogP contribution in [0.15, 0.2) is 91.3 Å². The van der Waals surface area contributed by atoms with Gasteiger partial charge in [0, 0.05) is 18.1 Å². The van der Waals surface area contributed by atoms with Crippen LogP contribution >= 0.6 is 12.2 Å². The van der Waals surface area contributed by atoms with Gasteiger partial charge in [-0.25, -0.2) is 8.78 Å². The van der Waals surface area contributed by atoms with Crippen LogP contribution in [0.1, 0.15) is 23.5 Å². The van der Waals surface area contributed by atoms with Crippen LogP contribution in [0.2, 0.25) is 0 Å². The Morgan fingerprint density at radius 3 is 2.16 bits per heavy atom. The van der Waals surface area contributed by atoms with E-state index in [-0.39, 0.29) is 17.7 Å². The number of halogens is 2. The number of aromatic nitrogens is 2. The molecule has 1 aliphatic rings. The zero-order chi connectivity index (χ0) is 21.4. The van der Waals surface area contributed by atoms with Crippen molar-refractivity contribution in [2.75, 3.05) is 4.90 Å². The maximum absolute atomic E-state index is 14.8. The highest BCUT2D eigenvalue weighted by atomic mass is 32.1. The van der Waals surface area contributed by atoms with E-state index in [1.165, 1.54) is 12.1 Å². The molecule has 4 aromatic rings. The van der Waals surface area contributed by atoms with Gasteiger partial charge >= 0.3 is 0 Å². The van der Waals surface area contributed by atoms with Crippen molar-refractivity contribution in [1.29, 1.82) is 0 Å². The van der Waals surface area contributed by atoms with Crippen molar-refractivity contribution < 1.29 is 8.78 Å². The van der Waals surface area contributed by atoms with Gasteiger partial charge in [-0.15, -0.1) is 0 Å². The molecule has 1 fully saturated rings. The number of hydrogen-bond donors (Lipinski definition) is 1. The maximum atomic E-state index is 14.8. The molecule has 0 amide bonds. The van der Waals surface area contributed by atoms with E-state index in [1.807, 2.05) is 30.3 Å². The summed E-state index contributed by atoms with van der Waals surface area (Å²) in [5.74, 6) is -0.734. The lowest BCUT2D eigenvalue weighted by molar-refractivity contribution is 0.537. The summed E-state index contributed by atoms with van der Waals surface area (Å²) in [5.41, 5.74) is 2.28. The minimum Gasteiger partial charge on any atom is -0.351 e. The first-order chi connectivity index (χ1) is 15.1. The summed E-state index contributed by atoms with van der Waals surface area (Å²) in [7, 11) is 0. The molecule has 0 unspecified atom stereocenters. The van der Waals surface area contributed by atoms with E-state index in [0.29, 0.717) is 16.5 Å². The molecule has 154 valence electrons. The molecular formula is C24H18F2N4S. The fraction of sp³-hybridized carbons (Fsp3) is 0.0833. The lowest BCUT2D eigenvalue weighted by atomic mass is 10.0. The van der Waals surface area contributed by atoms with Gasteiger partial charge in [-0.1, -0.05) is 30.3 Å². The first kappa shape index (κ1) is 19.4. The minimum atomic E-state index is -0.450. The third-order valence-electron chi connectivity index (χ3n) is 5.41. The third-order valence-corrected chi connectivity index (χ3v) is 5.72. The molecule has 4 nitrogen and oxygen atoms in total. The van der Waals surface area contributed by atoms with Crippen molar-refractivity contribution in [2.45, 2.75) is 12.1 Å². The standard InChI is InChI=1S/C24H18F2N4S/c25-16-8-1-3-11-19(16)29-15-7-13-21(29)23-22(18-10-5-6-14-27-18)28-24(31)30(23)20-12-4-2-9-17(20)26/h1-15,22-23H,(H,28,31)/t22-,23+/m1/s1. The number of thiocarbonyl (C=S) groups is 1. The lowest BCUT2D eigenvalue weighted by Gasteiger charge is -2.29. The molecule has 0 radical (unpaired) electrons. The van der Waals surface area contributed by atoms with E-state index in [0.717, 1.165) is 11.4 Å². The van der Waals surface area contributed by atoms with Gasteiger partial charge in [0.1, 0.15) is 17.7 Å². The minimum absolute atomic E-state index is 0.347.